The third-order valence-electron chi connectivity index (χ3n) is 4.74. The van der Waals surface area contributed by atoms with Crippen LogP contribution in [0.2, 0.25) is 0 Å². The second kappa shape index (κ2) is 5.81. The molecule has 4 rings (SSSR count). The number of hydrogen-bond donors (Lipinski definition) is 1. The summed E-state index contributed by atoms with van der Waals surface area (Å²) >= 11 is 0. The van der Waals surface area contributed by atoms with E-state index in [0.717, 1.165) is 23.4 Å². The molecule has 0 bridgehead atoms. The summed E-state index contributed by atoms with van der Waals surface area (Å²) in [6.45, 7) is 2.89. The normalized spacial score (nSPS) is 13.6. The van der Waals surface area contributed by atoms with Crippen LogP contribution in [0.5, 0.6) is 0 Å². The van der Waals surface area contributed by atoms with Crippen LogP contribution < -0.4 is 4.90 Å². The lowest BCUT2D eigenvalue weighted by Crippen LogP contribution is -2.23. The third-order valence-corrected chi connectivity index (χ3v) is 4.74. The summed E-state index contributed by atoms with van der Waals surface area (Å²) in [4.78, 5) is 17.5. The summed E-state index contributed by atoms with van der Waals surface area (Å²) in [6, 6.07) is 14.1. The molecule has 126 valence electrons. The number of anilines is 1. The molecule has 3 aromatic rings. The number of carbonyl (C=O) groups excluding carboxylic acids is 1. The van der Waals surface area contributed by atoms with E-state index in [-0.39, 0.29) is 5.97 Å². The Labute approximate surface area is 146 Å². The van der Waals surface area contributed by atoms with Crippen LogP contribution in [0.25, 0.3) is 22.6 Å². The molecular formula is C21H20N2O2. The van der Waals surface area contributed by atoms with Gasteiger partial charge in [-0.25, -0.2) is 4.79 Å². The average molecular weight is 332 g/mol. The van der Waals surface area contributed by atoms with Gasteiger partial charge in [0.2, 0.25) is 0 Å². The Morgan fingerprint density at radius 3 is 2.84 bits per heavy atom. The lowest BCUT2D eigenvalue weighted by Gasteiger charge is -2.25. The molecule has 0 saturated heterocycles. The van der Waals surface area contributed by atoms with Gasteiger partial charge in [0.25, 0.3) is 0 Å². The maximum atomic E-state index is 11.8. The van der Waals surface area contributed by atoms with E-state index in [2.05, 4.69) is 48.1 Å². The van der Waals surface area contributed by atoms with E-state index < -0.39 is 0 Å². The van der Waals surface area contributed by atoms with Crippen molar-refractivity contribution in [1.29, 1.82) is 0 Å². The van der Waals surface area contributed by atoms with Gasteiger partial charge in [0.15, 0.2) is 0 Å². The molecule has 1 aliphatic rings. The topological polar surface area (TPSA) is 45.3 Å². The molecule has 25 heavy (non-hydrogen) atoms. The van der Waals surface area contributed by atoms with Gasteiger partial charge in [-0.1, -0.05) is 23.8 Å². The van der Waals surface area contributed by atoms with Gasteiger partial charge in [0, 0.05) is 30.1 Å². The van der Waals surface area contributed by atoms with Crippen LogP contribution in [0.15, 0.2) is 42.5 Å². The quantitative estimate of drug-likeness (QED) is 0.714. The molecule has 1 aliphatic heterocycles. The number of methoxy groups -OCH3 is 1. The average Bonchev–Trinajstić information content (AvgIpc) is 2.99. The molecule has 0 aliphatic carbocycles. The van der Waals surface area contributed by atoms with Crippen LogP contribution >= 0.6 is 0 Å². The van der Waals surface area contributed by atoms with E-state index in [1.807, 2.05) is 18.2 Å². The van der Waals surface area contributed by atoms with E-state index >= 15 is 0 Å². The van der Waals surface area contributed by atoms with Crippen LogP contribution in [-0.2, 0) is 4.74 Å². The number of H-pyrrole nitrogens is 1. The zero-order valence-corrected chi connectivity index (χ0v) is 14.6. The van der Waals surface area contributed by atoms with Crippen LogP contribution in [0, 0.1) is 6.92 Å². The van der Waals surface area contributed by atoms with Crippen molar-refractivity contribution >= 4 is 34.3 Å². The molecule has 2 aromatic carbocycles. The Balaban J connectivity index is 1.85. The molecule has 0 atom stereocenters. The molecule has 0 spiro atoms. The standard InChI is InChI=1S/C21H20N2O2/c1-13-7-8-19-17(9-13)18-11-16(12-23(2)20(18)22-19)14-5-4-6-15(10-14)21(24)25-3/h4-11,22H,12H2,1-3H3. The predicted octanol–water partition coefficient (Wildman–Crippen LogP) is 4.25. The van der Waals surface area contributed by atoms with Crippen molar-refractivity contribution in [3.05, 3.63) is 64.7 Å². The van der Waals surface area contributed by atoms with Crippen molar-refractivity contribution in [2.45, 2.75) is 6.92 Å². The minimum atomic E-state index is -0.310. The van der Waals surface area contributed by atoms with Gasteiger partial charge in [-0.2, -0.15) is 0 Å². The molecule has 0 radical (unpaired) electrons. The highest BCUT2D eigenvalue weighted by atomic mass is 16.5. The number of carbonyl (C=O) groups is 1. The SMILES string of the molecule is COC(=O)c1cccc(C2=Cc3c([nH]c4ccc(C)cc34)N(C)C2)c1. The molecule has 1 N–H and O–H groups in total. The fraction of sp³-hybridized carbons (Fsp3) is 0.190. The van der Waals surface area contributed by atoms with Gasteiger partial charge in [-0.05, 0) is 48.4 Å². The number of aromatic nitrogens is 1. The summed E-state index contributed by atoms with van der Waals surface area (Å²) in [6.07, 6.45) is 2.23. The molecule has 0 fully saturated rings. The Morgan fingerprint density at radius 2 is 2.04 bits per heavy atom. The molecular weight excluding hydrogens is 312 g/mol. The summed E-state index contributed by atoms with van der Waals surface area (Å²) in [5, 5.41) is 1.23. The molecule has 0 saturated carbocycles. The van der Waals surface area contributed by atoms with E-state index in [1.54, 1.807) is 6.07 Å². The first-order chi connectivity index (χ1) is 12.1. The van der Waals surface area contributed by atoms with Crippen molar-refractivity contribution in [3.8, 4) is 0 Å². The van der Waals surface area contributed by atoms with Crippen molar-refractivity contribution in [2.75, 3.05) is 25.6 Å². The molecule has 4 nitrogen and oxygen atoms in total. The maximum absolute atomic E-state index is 11.8. The molecule has 0 amide bonds. The van der Waals surface area contributed by atoms with E-state index in [4.69, 9.17) is 4.74 Å². The Hall–Kier alpha value is -3.01. The number of rotatable bonds is 2. The van der Waals surface area contributed by atoms with Gasteiger partial charge in [-0.15, -0.1) is 0 Å². The number of aryl methyl sites for hydroxylation is 1. The van der Waals surface area contributed by atoms with E-state index in [1.165, 1.54) is 29.2 Å². The van der Waals surface area contributed by atoms with E-state index in [9.17, 15) is 4.79 Å². The van der Waals surface area contributed by atoms with Gasteiger partial charge < -0.3 is 14.6 Å². The van der Waals surface area contributed by atoms with Crippen LogP contribution in [-0.4, -0.2) is 31.7 Å². The Bertz CT molecular complexity index is 1010. The largest absolute Gasteiger partial charge is 0.465 e. The molecule has 0 unspecified atom stereocenters. The maximum Gasteiger partial charge on any atom is 0.337 e. The van der Waals surface area contributed by atoms with Gasteiger partial charge in [0.1, 0.15) is 5.82 Å². The molecule has 2 heterocycles. The predicted molar refractivity (Wildman–Crippen MR) is 102 cm³/mol. The molecule has 1 aromatic heterocycles. The smallest absolute Gasteiger partial charge is 0.337 e. The van der Waals surface area contributed by atoms with Gasteiger partial charge >= 0.3 is 5.97 Å². The highest BCUT2D eigenvalue weighted by Crippen LogP contribution is 2.37. The van der Waals surface area contributed by atoms with Crippen molar-refractivity contribution in [2.24, 2.45) is 0 Å². The van der Waals surface area contributed by atoms with Gasteiger partial charge in [0.05, 0.1) is 12.7 Å². The van der Waals surface area contributed by atoms with Crippen molar-refractivity contribution in [1.82, 2.24) is 4.98 Å². The monoisotopic (exact) mass is 332 g/mol. The number of likely N-dealkylation sites (N-methyl/N-ethyl adjacent to an activating group) is 1. The van der Waals surface area contributed by atoms with Crippen molar-refractivity contribution < 1.29 is 9.53 Å². The van der Waals surface area contributed by atoms with Crippen LogP contribution in [0.4, 0.5) is 5.82 Å². The highest BCUT2D eigenvalue weighted by molar-refractivity contribution is 6.03. The number of fused-ring (bicyclic) bond motifs is 3. The highest BCUT2D eigenvalue weighted by Gasteiger charge is 2.21. The number of benzene rings is 2. The lowest BCUT2D eigenvalue weighted by molar-refractivity contribution is 0.0600. The number of hydrogen-bond acceptors (Lipinski definition) is 3. The summed E-state index contributed by atoms with van der Waals surface area (Å²) in [5.41, 5.74) is 6.38. The number of ether oxygens (including phenoxy) is 1. The lowest BCUT2D eigenvalue weighted by atomic mass is 9.97. The first-order valence-corrected chi connectivity index (χ1v) is 8.29. The minimum absolute atomic E-state index is 0.310. The summed E-state index contributed by atoms with van der Waals surface area (Å²) < 4.78 is 4.84. The minimum Gasteiger partial charge on any atom is -0.465 e. The van der Waals surface area contributed by atoms with Crippen LogP contribution in [0.3, 0.4) is 0 Å². The third kappa shape index (κ3) is 2.60. The first kappa shape index (κ1) is 15.5. The van der Waals surface area contributed by atoms with Crippen molar-refractivity contribution in [3.63, 3.8) is 0 Å². The second-order valence-corrected chi connectivity index (χ2v) is 6.53. The number of nitrogens with zero attached hydrogens (tertiary/aromatic N) is 1. The fourth-order valence-corrected chi connectivity index (χ4v) is 3.45. The van der Waals surface area contributed by atoms with Crippen LogP contribution in [0.1, 0.15) is 27.0 Å². The van der Waals surface area contributed by atoms with Gasteiger partial charge in [-0.3, -0.25) is 0 Å². The first-order valence-electron chi connectivity index (χ1n) is 8.29. The zero-order chi connectivity index (χ0) is 17.6. The zero-order valence-electron chi connectivity index (χ0n) is 14.6. The Kier molecular flexibility index (Phi) is 3.61. The second-order valence-electron chi connectivity index (χ2n) is 6.53. The number of aromatic amines is 1. The molecule has 4 heteroatoms. The number of esters is 1. The number of nitrogens with one attached hydrogen (secondary N) is 1. The van der Waals surface area contributed by atoms with E-state index in [0.29, 0.717) is 5.56 Å². The Morgan fingerprint density at radius 1 is 1.20 bits per heavy atom. The summed E-state index contributed by atoms with van der Waals surface area (Å²) in [5.74, 6) is 0.823. The fourth-order valence-electron chi connectivity index (χ4n) is 3.45. The summed E-state index contributed by atoms with van der Waals surface area (Å²) in [7, 11) is 3.49.